The van der Waals surface area contributed by atoms with E-state index in [1.165, 1.54) is 0 Å². The van der Waals surface area contributed by atoms with Gasteiger partial charge in [0.2, 0.25) is 5.91 Å². The molecule has 0 aliphatic carbocycles. The summed E-state index contributed by atoms with van der Waals surface area (Å²) in [5.74, 6) is -0.180. The van der Waals surface area contributed by atoms with Crippen molar-refractivity contribution in [1.82, 2.24) is 15.1 Å². The van der Waals surface area contributed by atoms with E-state index < -0.39 is 0 Å². The van der Waals surface area contributed by atoms with Crippen molar-refractivity contribution in [3.8, 4) is 0 Å². The van der Waals surface area contributed by atoms with Crippen molar-refractivity contribution < 1.29 is 14.3 Å². The molecule has 0 aliphatic rings. The summed E-state index contributed by atoms with van der Waals surface area (Å²) in [4.78, 5) is 27.7. The molecule has 0 fully saturated rings. The van der Waals surface area contributed by atoms with E-state index >= 15 is 0 Å². The molecule has 6 heteroatoms. The molecule has 0 saturated heterocycles. The van der Waals surface area contributed by atoms with E-state index in [0.717, 1.165) is 12.1 Å². The van der Waals surface area contributed by atoms with Crippen LogP contribution in [0.3, 0.4) is 0 Å². The second-order valence-corrected chi connectivity index (χ2v) is 5.66. The number of ether oxygens (including phenoxy) is 1. The molecule has 0 saturated carbocycles. The summed E-state index contributed by atoms with van der Waals surface area (Å²) in [5, 5.41) is 2.57. The Morgan fingerprint density at radius 2 is 1.79 bits per heavy atom. The fourth-order valence-corrected chi connectivity index (χ4v) is 2.02. The third-order valence-corrected chi connectivity index (χ3v) is 3.51. The first-order chi connectivity index (χ1) is 11.5. The first-order valence-electron chi connectivity index (χ1n) is 7.90. The van der Waals surface area contributed by atoms with Crippen molar-refractivity contribution in [1.29, 1.82) is 0 Å². The van der Waals surface area contributed by atoms with Gasteiger partial charge in [0.25, 0.3) is 5.91 Å². The molecular weight excluding hydrogens is 306 g/mol. The molecule has 0 aliphatic heterocycles. The highest BCUT2D eigenvalue weighted by atomic mass is 16.5. The number of carbonyl (C=O) groups excluding carboxylic acids is 2. The van der Waals surface area contributed by atoms with E-state index in [4.69, 9.17) is 4.74 Å². The number of rotatable bonds is 9. The predicted octanol–water partition coefficient (Wildman–Crippen LogP) is 1.10. The number of nitrogens with zero attached hydrogens (tertiary/aromatic N) is 2. The number of benzene rings is 1. The fourth-order valence-electron chi connectivity index (χ4n) is 2.02. The van der Waals surface area contributed by atoms with Crippen LogP contribution in [0.5, 0.6) is 0 Å². The molecule has 0 heterocycles. The van der Waals surface area contributed by atoms with Crippen LogP contribution in [0, 0.1) is 0 Å². The number of carbonyl (C=O) groups is 2. The molecule has 0 bridgehead atoms. The maximum atomic E-state index is 12.4. The zero-order valence-corrected chi connectivity index (χ0v) is 14.9. The number of amides is 2. The van der Waals surface area contributed by atoms with Crippen LogP contribution >= 0.6 is 0 Å². The molecule has 2 amide bonds. The van der Waals surface area contributed by atoms with Gasteiger partial charge in [0.05, 0.1) is 6.61 Å². The highest BCUT2D eigenvalue weighted by Crippen LogP contribution is 2.07. The van der Waals surface area contributed by atoms with E-state index in [1.807, 2.05) is 31.1 Å². The molecule has 0 radical (unpaired) electrons. The summed E-state index contributed by atoms with van der Waals surface area (Å²) in [6.45, 7) is 2.51. The lowest BCUT2D eigenvalue weighted by atomic mass is 10.1. The van der Waals surface area contributed by atoms with Crippen molar-refractivity contribution in [3.63, 3.8) is 0 Å². The van der Waals surface area contributed by atoms with Gasteiger partial charge in [-0.25, -0.2) is 0 Å². The Kier molecular flexibility index (Phi) is 8.75. The maximum absolute atomic E-state index is 12.4. The molecule has 1 aromatic carbocycles. The summed E-state index contributed by atoms with van der Waals surface area (Å²) >= 11 is 0. The Labute approximate surface area is 144 Å². The summed E-state index contributed by atoms with van der Waals surface area (Å²) in [7, 11) is 7.17. The minimum absolute atomic E-state index is 0.0516. The average molecular weight is 333 g/mol. The van der Waals surface area contributed by atoms with Gasteiger partial charge in [0, 0.05) is 45.4 Å². The van der Waals surface area contributed by atoms with Gasteiger partial charge in [-0.3, -0.25) is 9.59 Å². The zero-order chi connectivity index (χ0) is 17.9. The Morgan fingerprint density at radius 3 is 2.33 bits per heavy atom. The maximum Gasteiger partial charge on any atom is 0.251 e. The van der Waals surface area contributed by atoms with Crippen LogP contribution < -0.4 is 5.32 Å². The average Bonchev–Trinajstić information content (AvgIpc) is 2.59. The van der Waals surface area contributed by atoms with Gasteiger partial charge >= 0.3 is 0 Å². The van der Waals surface area contributed by atoms with Crippen LogP contribution in [-0.2, 0) is 9.53 Å². The van der Waals surface area contributed by atoms with E-state index in [0.29, 0.717) is 25.3 Å². The van der Waals surface area contributed by atoms with Crippen molar-refractivity contribution in [2.45, 2.75) is 0 Å². The van der Waals surface area contributed by atoms with Crippen LogP contribution in [0.25, 0.3) is 6.08 Å². The van der Waals surface area contributed by atoms with Crippen LogP contribution in [0.15, 0.2) is 30.3 Å². The van der Waals surface area contributed by atoms with E-state index in [1.54, 1.807) is 43.3 Å². The highest BCUT2D eigenvalue weighted by molar-refractivity contribution is 5.94. The van der Waals surface area contributed by atoms with E-state index in [9.17, 15) is 9.59 Å². The minimum atomic E-state index is -0.129. The lowest BCUT2D eigenvalue weighted by Gasteiger charge is -2.22. The number of nitrogens with one attached hydrogen (secondary N) is 1. The third kappa shape index (κ3) is 6.93. The van der Waals surface area contributed by atoms with Gasteiger partial charge in [-0.15, -0.1) is 0 Å². The lowest BCUT2D eigenvalue weighted by Crippen LogP contribution is -2.37. The Hall–Kier alpha value is -2.18. The van der Waals surface area contributed by atoms with Gasteiger partial charge < -0.3 is 19.9 Å². The molecule has 1 rings (SSSR count). The second-order valence-electron chi connectivity index (χ2n) is 5.66. The monoisotopic (exact) mass is 333 g/mol. The van der Waals surface area contributed by atoms with Crippen molar-refractivity contribution in [3.05, 3.63) is 41.5 Å². The lowest BCUT2D eigenvalue weighted by molar-refractivity contribution is -0.126. The number of hydrogen-bond acceptors (Lipinski definition) is 4. The Balaban J connectivity index is 2.70. The third-order valence-electron chi connectivity index (χ3n) is 3.51. The summed E-state index contributed by atoms with van der Waals surface area (Å²) in [5.41, 5.74) is 1.46. The van der Waals surface area contributed by atoms with E-state index in [-0.39, 0.29) is 11.8 Å². The van der Waals surface area contributed by atoms with Crippen LogP contribution in [0.4, 0.5) is 0 Å². The summed E-state index contributed by atoms with van der Waals surface area (Å²) in [6, 6.07) is 7.09. The fraction of sp³-hybridized carbons (Fsp3) is 0.444. The standard InChI is InChI=1S/C18H27N3O3/c1-19-18(23)16-8-5-15(6-9-16)7-10-17(22)21(13-14-24-4)12-11-20(2)3/h5-10H,11-14H2,1-4H3,(H,19,23)/b10-7+. The molecule has 24 heavy (non-hydrogen) atoms. The normalized spacial score (nSPS) is 11.0. The number of likely N-dealkylation sites (N-methyl/N-ethyl adjacent to an activating group) is 1. The molecule has 0 unspecified atom stereocenters. The predicted molar refractivity (Wildman–Crippen MR) is 95.9 cm³/mol. The van der Waals surface area contributed by atoms with Crippen LogP contribution in [0.1, 0.15) is 15.9 Å². The SMILES string of the molecule is CNC(=O)c1ccc(/C=C/C(=O)N(CCOC)CCN(C)C)cc1. The van der Waals surface area contributed by atoms with Crippen LogP contribution in [0.2, 0.25) is 0 Å². The largest absolute Gasteiger partial charge is 0.383 e. The van der Waals surface area contributed by atoms with E-state index in [2.05, 4.69) is 5.32 Å². The van der Waals surface area contributed by atoms with Gasteiger partial charge in [-0.1, -0.05) is 12.1 Å². The molecule has 1 N–H and O–H groups in total. The van der Waals surface area contributed by atoms with Crippen molar-refractivity contribution in [2.24, 2.45) is 0 Å². The summed E-state index contributed by atoms with van der Waals surface area (Å²) in [6.07, 6.45) is 3.31. The number of methoxy groups -OCH3 is 1. The zero-order valence-electron chi connectivity index (χ0n) is 14.9. The minimum Gasteiger partial charge on any atom is -0.383 e. The molecule has 132 valence electrons. The first-order valence-corrected chi connectivity index (χ1v) is 7.90. The molecule has 0 aromatic heterocycles. The second kappa shape index (κ2) is 10.6. The number of hydrogen-bond donors (Lipinski definition) is 1. The van der Waals surface area contributed by atoms with Gasteiger partial charge in [-0.05, 0) is 37.9 Å². The van der Waals surface area contributed by atoms with Gasteiger partial charge in [-0.2, -0.15) is 0 Å². The topological polar surface area (TPSA) is 61.9 Å². The van der Waals surface area contributed by atoms with Gasteiger partial charge in [0.15, 0.2) is 0 Å². The Morgan fingerprint density at radius 1 is 1.12 bits per heavy atom. The van der Waals surface area contributed by atoms with Crippen molar-refractivity contribution in [2.75, 3.05) is 54.5 Å². The molecule has 1 aromatic rings. The Bertz CT molecular complexity index is 553. The smallest absolute Gasteiger partial charge is 0.251 e. The highest BCUT2D eigenvalue weighted by Gasteiger charge is 2.10. The molecule has 6 nitrogen and oxygen atoms in total. The van der Waals surface area contributed by atoms with Crippen molar-refractivity contribution >= 4 is 17.9 Å². The van der Waals surface area contributed by atoms with Gasteiger partial charge in [0.1, 0.15) is 0 Å². The molecular formula is C18H27N3O3. The first kappa shape index (κ1) is 19.9. The molecule has 0 atom stereocenters. The quantitative estimate of drug-likeness (QED) is 0.688. The van der Waals surface area contributed by atoms with Crippen LogP contribution in [-0.4, -0.2) is 76.1 Å². The summed E-state index contributed by atoms with van der Waals surface area (Å²) < 4.78 is 5.07. The molecule has 0 spiro atoms.